The Hall–Kier alpha value is -0.360. The van der Waals surface area contributed by atoms with Crippen LogP contribution in [0, 0.1) is 0 Å². The van der Waals surface area contributed by atoms with Crippen molar-refractivity contribution in [1.82, 2.24) is 5.43 Å². The van der Waals surface area contributed by atoms with Crippen LogP contribution in [0.5, 0.6) is 0 Å². The Morgan fingerprint density at radius 3 is 1.71 bits per heavy atom. The van der Waals surface area contributed by atoms with E-state index in [-0.39, 0.29) is 0 Å². The van der Waals surface area contributed by atoms with Crippen molar-refractivity contribution in [3.8, 4) is 0 Å². The molecule has 6 heteroatoms. The highest BCUT2D eigenvalue weighted by atomic mass is 35.5. The molecule has 0 bridgehead atoms. The molecular formula is CH7ClN4O. The molecule has 0 aliphatic rings. The first-order valence-electron chi connectivity index (χ1n) is 1.27. The molecule has 0 spiro atoms. The molecule has 44 valence electrons. The van der Waals surface area contributed by atoms with E-state index < -0.39 is 5.37 Å². The van der Waals surface area contributed by atoms with E-state index in [4.69, 9.17) is 0 Å². The molecule has 0 aromatic rings. The number of carbonyl (C=O) groups excluding carboxylic acids is 1. The molecule has 5 nitrogen and oxygen atoms in total. The van der Waals surface area contributed by atoms with Crippen LogP contribution in [0.25, 0.3) is 0 Å². The van der Waals surface area contributed by atoms with E-state index in [9.17, 15) is 4.79 Å². The number of amides is 1. The molecule has 0 atom stereocenters. The molecule has 0 saturated carbocycles. The highest BCUT2D eigenvalue weighted by Crippen LogP contribution is 1.67. The fourth-order valence-corrected chi connectivity index (χ4v) is 0. The zero-order valence-corrected chi connectivity index (χ0v) is 4.27. The minimum Gasteiger partial charge on any atom is -0.281 e. The third-order valence-corrected chi connectivity index (χ3v) is 0.223. The van der Waals surface area contributed by atoms with Gasteiger partial charge >= 0.3 is 5.37 Å². The first-order chi connectivity index (χ1) is 3.27. The van der Waals surface area contributed by atoms with Crippen LogP contribution in [0.1, 0.15) is 0 Å². The molecule has 1 amide bonds. The van der Waals surface area contributed by atoms with Gasteiger partial charge in [-0.25, -0.2) is 5.84 Å². The number of nitrogens with two attached hydrogens (primary N) is 3. The molecule has 0 heterocycles. The minimum absolute atomic E-state index is 0.745. The van der Waals surface area contributed by atoms with Crippen molar-refractivity contribution in [3.63, 3.8) is 0 Å². The average molecular weight is 127 g/mol. The number of carbonyl (C=O) groups is 1. The second kappa shape index (κ2) is 9.16. The zero-order valence-electron chi connectivity index (χ0n) is 3.52. The van der Waals surface area contributed by atoms with E-state index in [0.717, 1.165) is 0 Å². The fourth-order valence-electron chi connectivity index (χ4n) is 0. The summed E-state index contributed by atoms with van der Waals surface area (Å²) in [5, 5.41) is -0.745. The summed E-state index contributed by atoms with van der Waals surface area (Å²) in [6.45, 7) is 0. The summed E-state index contributed by atoms with van der Waals surface area (Å²) in [5.74, 6) is 12.4. The lowest BCUT2D eigenvalue weighted by molar-refractivity contribution is 0.260. The highest BCUT2D eigenvalue weighted by molar-refractivity contribution is 6.62. The molecule has 0 rings (SSSR count). The van der Waals surface area contributed by atoms with Crippen molar-refractivity contribution < 1.29 is 4.79 Å². The van der Waals surface area contributed by atoms with Gasteiger partial charge in [-0.05, 0) is 11.6 Å². The number of nitrogens with one attached hydrogen (secondary N) is 1. The Balaban J connectivity index is 0. The monoisotopic (exact) mass is 126 g/mol. The Kier molecular flexibility index (Phi) is 12.8. The van der Waals surface area contributed by atoms with Crippen LogP contribution in [0.3, 0.4) is 0 Å². The number of hydrogen-bond acceptors (Lipinski definition) is 4. The summed E-state index contributed by atoms with van der Waals surface area (Å²) in [6, 6.07) is 0. The van der Waals surface area contributed by atoms with Crippen molar-refractivity contribution in [2.75, 3.05) is 0 Å². The molecule has 0 saturated heterocycles. The van der Waals surface area contributed by atoms with Gasteiger partial charge in [0.05, 0.1) is 0 Å². The topological polar surface area (TPSA) is 107 Å². The van der Waals surface area contributed by atoms with E-state index in [2.05, 4.69) is 29.1 Å². The molecule has 0 aromatic heterocycles. The SMILES string of the molecule is NN.NNC(=O)Cl. The first kappa shape index (κ1) is 9.81. The molecule has 0 aliphatic carbocycles. The van der Waals surface area contributed by atoms with Gasteiger partial charge in [-0.1, -0.05) is 0 Å². The quantitative estimate of drug-likeness (QED) is 0.106. The fraction of sp³-hybridized carbons (Fsp3) is 0. The molecule has 7 heavy (non-hydrogen) atoms. The first-order valence-corrected chi connectivity index (χ1v) is 1.64. The van der Waals surface area contributed by atoms with Gasteiger partial charge in [-0.2, -0.15) is 0 Å². The molecule has 0 unspecified atom stereocenters. The predicted octanol–water partition coefficient (Wildman–Crippen LogP) is -1.37. The molecule has 0 radical (unpaired) electrons. The van der Waals surface area contributed by atoms with Crippen LogP contribution in [0.2, 0.25) is 0 Å². The van der Waals surface area contributed by atoms with Crippen molar-refractivity contribution in [1.29, 1.82) is 0 Å². The lowest BCUT2D eigenvalue weighted by Crippen LogP contribution is -2.23. The van der Waals surface area contributed by atoms with Crippen molar-refractivity contribution in [2.24, 2.45) is 17.5 Å². The van der Waals surface area contributed by atoms with Crippen molar-refractivity contribution in [2.45, 2.75) is 0 Å². The van der Waals surface area contributed by atoms with E-state index in [1.54, 1.807) is 5.43 Å². The lowest BCUT2D eigenvalue weighted by atomic mass is 11.4. The number of hydrazine groups is 2. The number of rotatable bonds is 0. The minimum atomic E-state index is -0.745. The van der Waals surface area contributed by atoms with Gasteiger partial charge in [0.25, 0.3) is 0 Å². The Morgan fingerprint density at radius 1 is 1.57 bits per heavy atom. The third kappa shape index (κ3) is 27.8. The second-order valence-electron chi connectivity index (χ2n) is 0.418. The Morgan fingerprint density at radius 2 is 1.71 bits per heavy atom. The number of hydrogen-bond donors (Lipinski definition) is 4. The molecular weight excluding hydrogens is 119 g/mol. The average Bonchev–Trinajstić information content (AvgIpc) is 1.73. The largest absolute Gasteiger partial charge is 0.327 e. The van der Waals surface area contributed by atoms with E-state index in [1.165, 1.54) is 0 Å². The summed E-state index contributed by atoms with van der Waals surface area (Å²) < 4.78 is 0. The normalized spacial score (nSPS) is 5.71. The molecule has 0 aliphatic heterocycles. The standard InChI is InChI=1S/CH3ClN2O.H4N2/c2-1(5)4-3;1-2/h3H2,(H,4,5);1-2H2. The highest BCUT2D eigenvalue weighted by Gasteiger charge is 1.77. The maximum absolute atomic E-state index is 9.34. The van der Waals surface area contributed by atoms with Gasteiger partial charge in [-0.15, -0.1) is 0 Å². The second-order valence-corrected chi connectivity index (χ2v) is 0.761. The van der Waals surface area contributed by atoms with Gasteiger partial charge in [0.1, 0.15) is 0 Å². The lowest BCUT2D eigenvalue weighted by Gasteiger charge is -1.77. The molecule has 7 N–H and O–H groups in total. The van der Waals surface area contributed by atoms with Gasteiger partial charge in [-0.3, -0.25) is 21.9 Å². The van der Waals surface area contributed by atoms with Crippen LogP contribution in [0.15, 0.2) is 0 Å². The maximum atomic E-state index is 9.34. The molecule has 0 aromatic carbocycles. The van der Waals surface area contributed by atoms with Crippen LogP contribution in [0.4, 0.5) is 4.79 Å². The van der Waals surface area contributed by atoms with Crippen LogP contribution in [-0.2, 0) is 0 Å². The van der Waals surface area contributed by atoms with Gasteiger partial charge < -0.3 is 0 Å². The van der Waals surface area contributed by atoms with Gasteiger partial charge in [0.15, 0.2) is 0 Å². The summed E-state index contributed by atoms with van der Waals surface area (Å²) in [7, 11) is 0. The van der Waals surface area contributed by atoms with E-state index in [0.29, 0.717) is 0 Å². The Labute approximate surface area is 45.7 Å². The van der Waals surface area contributed by atoms with Gasteiger partial charge in [0, 0.05) is 0 Å². The number of halogens is 1. The summed E-state index contributed by atoms with van der Waals surface area (Å²) >= 11 is 4.59. The summed E-state index contributed by atoms with van der Waals surface area (Å²) in [5.41, 5.74) is 1.65. The molecule has 0 fully saturated rings. The van der Waals surface area contributed by atoms with Crippen LogP contribution in [-0.4, -0.2) is 5.37 Å². The van der Waals surface area contributed by atoms with Crippen molar-refractivity contribution in [3.05, 3.63) is 0 Å². The summed E-state index contributed by atoms with van der Waals surface area (Å²) in [6.07, 6.45) is 0. The van der Waals surface area contributed by atoms with Crippen LogP contribution < -0.4 is 23.0 Å². The van der Waals surface area contributed by atoms with Gasteiger partial charge in [0.2, 0.25) is 0 Å². The smallest absolute Gasteiger partial charge is 0.281 e. The Bertz CT molecular complexity index is 47.0. The summed E-state index contributed by atoms with van der Waals surface area (Å²) in [4.78, 5) is 9.34. The van der Waals surface area contributed by atoms with E-state index >= 15 is 0 Å². The zero-order chi connectivity index (χ0) is 6.28. The third-order valence-electron chi connectivity index (χ3n) is 0.113. The van der Waals surface area contributed by atoms with Crippen molar-refractivity contribution >= 4 is 17.0 Å². The van der Waals surface area contributed by atoms with Crippen LogP contribution >= 0.6 is 11.6 Å². The maximum Gasteiger partial charge on any atom is 0.327 e. The van der Waals surface area contributed by atoms with E-state index in [1.807, 2.05) is 0 Å². The predicted molar refractivity (Wildman–Crippen MR) is 26.9 cm³/mol.